The Bertz CT molecular complexity index is 471. The van der Waals surface area contributed by atoms with Crippen molar-refractivity contribution in [2.75, 3.05) is 0 Å². The van der Waals surface area contributed by atoms with Gasteiger partial charge in [0.2, 0.25) is 11.8 Å². The Morgan fingerprint density at radius 3 is 2.75 bits per heavy atom. The quantitative estimate of drug-likeness (QED) is 0.915. The molecule has 2 aliphatic rings. The van der Waals surface area contributed by atoms with Gasteiger partial charge in [0.25, 0.3) is 0 Å². The highest BCUT2D eigenvalue weighted by molar-refractivity contribution is 5.66. The summed E-state index contributed by atoms with van der Waals surface area (Å²) in [7, 11) is 0. The second-order valence-corrected chi connectivity index (χ2v) is 6.24. The molecule has 0 bridgehead atoms. The van der Waals surface area contributed by atoms with Crippen LogP contribution in [0, 0.1) is 11.8 Å². The summed E-state index contributed by atoms with van der Waals surface area (Å²) in [6.07, 6.45) is 9.48. The van der Waals surface area contributed by atoms with Crippen LogP contribution >= 0.6 is 0 Å². The Labute approximate surface area is 118 Å². The lowest BCUT2D eigenvalue weighted by Gasteiger charge is -2.38. The fourth-order valence-corrected chi connectivity index (χ4v) is 3.84. The largest absolute Gasteiger partial charge is 0.481 e. The van der Waals surface area contributed by atoms with E-state index < -0.39 is 5.97 Å². The Morgan fingerprint density at radius 1 is 1.15 bits per heavy atom. The van der Waals surface area contributed by atoms with Gasteiger partial charge in [-0.2, -0.15) is 0 Å². The zero-order chi connectivity index (χ0) is 13.9. The molecule has 0 radical (unpaired) electrons. The molecule has 3 unspecified atom stereocenters. The highest BCUT2D eigenvalue weighted by Crippen LogP contribution is 2.45. The van der Waals surface area contributed by atoms with Crippen LogP contribution < -0.4 is 0 Å². The van der Waals surface area contributed by atoms with Crippen molar-refractivity contribution in [2.24, 2.45) is 11.8 Å². The molecule has 1 N–H and O–H groups in total. The minimum absolute atomic E-state index is 0.0526. The lowest BCUT2D eigenvalue weighted by molar-refractivity contribution is -0.137. The minimum atomic E-state index is -0.826. The molecule has 20 heavy (non-hydrogen) atoms. The van der Waals surface area contributed by atoms with E-state index >= 15 is 0 Å². The normalized spacial score (nSPS) is 29.9. The summed E-state index contributed by atoms with van der Waals surface area (Å²) in [5, 5.41) is 16.8. The van der Waals surface area contributed by atoms with Crippen LogP contribution in [0.2, 0.25) is 0 Å². The molecule has 0 aromatic carbocycles. The summed E-state index contributed by atoms with van der Waals surface area (Å²) in [6, 6.07) is 0. The van der Waals surface area contributed by atoms with Crippen LogP contribution in [-0.2, 0) is 11.2 Å². The van der Waals surface area contributed by atoms with E-state index in [2.05, 4.69) is 10.2 Å². The highest BCUT2D eigenvalue weighted by atomic mass is 16.4. The van der Waals surface area contributed by atoms with Gasteiger partial charge in [-0.15, -0.1) is 10.2 Å². The molecule has 2 fully saturated rings. The zero-order valence-corrected chi connectivity index (χ0v) is 11.8. The number of aryl methyl sites for hydroxylation is 1. The van der Waals surface area contributed by atoms with E-state index in [1.165, 1.54) is 38.5 Å². The molecule has 3 rings (SSSR count). The molecule has 1 aromatic heterocycles. The maximum Gasteiger partial charge on any atom is 0.303 e. The second kappa shape index (κ2) is 5.94. The first-order valence-corrected chi connectivity index (χ1v) is 7.76. The molecule has 2 saturated carbocycles. The number of hydrogen-bond acceptors (Lipinski definition) is 4. The summed E-state index contributed by atoms with van der Waals surface area (Å²) in [4.78, 5) is 10.5. The van der Waals surface area contributed by atoms with E-state index in [0.29, 0.717) is 18.2 Å². The van der Waals surface area contributed by atoms with E-state index in [0.717, 1.165) is 24.1 Å². The average Bonchev–Trinajstić information content (AvgIpc) is 2.93. The standard InChI is InChI=1S/C15H22N2O3/c18-14(19)8-7-13-16-17-15(20-13)12-6-5-10-3-1-2-4-11(10)9-12/h10-12H,1-9H2,(H,18,19). The molecular weight excluding hydrogens is 256 g/mol. The SMILES string of the molecule is O=C(O)CCc1nnc(C2CCC3CCCCC3C2)o1. The van der Waals surface area contributed by atoms with Crippen molar-refractivity contribution in [1.82, 2.24) is 10.2 Å². The number of carboxylic acids is 1. The number of aliphatic carboxylic acids is 1. The molecule has 1 aromatic rings. The number of nitrogens with zero attached hydrogens (tertiary/aromatic N) is 2. The first kappa shape index (κ1) is 13.6. The predicted molar refractivity (Wildman–Crippen MR) is 72.3 cm³/mol. The van der Waals surface area contributed by atoms with E-state index in [1.54, 1.807) is 0 Å². The van der Waals surface area contributed by atoms with Crippen molar-refractivity contribution >= 4 is 5.97 Å². The topological polar surface area (TPSA) is 76.2 Å². The molecule has 110 valence electrons. The number of rotatable bonds is 4. The Kier molecular flexibility index (Phi) is 4.03. The van der Waals surface area contributed by atoms with Crippen LogP contribution in [0.4, 0.5) is 0 Å². The summed E-state index contributed by atoms with van der Waals surface area (Å²) >= 11 is 0. The molecular formula is C15H22N2O3. The maximum absolute atomic E-state index is 10.5. The molecule has 0 amide bonds. The van der Waals surface area contributed by atoms with E-state index in [1.807, 2.05) is 0 Å². The Hall–Kier alpha value is -1.39. The first-order chi connectivity index (χ1) is 9.72. The Morgan fingerprint density at radius 2 is 1.95 bits per heavy atom. The van der Waals surface area contributed by atoms with Crippen molar-refractivity contribution in [3.05, 3.63) is 11.8 Å². The van der Waals surface area contributed by atoms with Gasteiger partial charge in [0.1, 0.15) is 0 Å². The van der Waals surface area contributed by atoms with E-state index in [4.69, 9.17) is 9.52 Å². The molecule has 5 heteroatoms. The summed E-state index contributed by atoms with van der Waals surface area (Å²) in [5.41, 5.74) is 0. The fraction of sp³-hybridized carbons (Fsp3) is 0.800. The van der Waals surface area contributed by atoms with Gasteiger partial charge < -0.3 is 9.52 Å². The third-order valence-corrected chi connectivity index (χ3v) is 4.92. The minimum Gasteiger partial charge on any atom is -0.481 e. The lowest BCUT2D eigenvalue weighted by Crippen LogP contribution is -2.26. The van der Waals surface area contributed by atoms with Gasteiger partial charge in [0.05, 0.1) is 6.42 Å². The van der Waals surface area contributed by atoms with Crippen molar-refractivity contribution in [3.63, 3.8) is 0 Å². The number of carbonyl (C=O) groups is 1. The maximum atomic E-state index is 10.5. The van der Waals surface area contributed by atoms with Gasteiger partial charge >= 0.3 is 5.97 Å². The van der Waals surface area contributed by atoms with Crippen LogP contribution in [0.1, 0.15) is 69.1 Å². The summed E-state index contributed by atoms with van der Waals surface area (Å²) in [6.45, 7) is 0. The highest BCUT2D eigenvalue weighted by Gasteiger charge is 2.34. The summed E-state index contributed by atoms with van der Waals surface area (Å²) in [5.74, 6) is 2.50. The van der Waals surface area contributed by atoms with Gasteiger partial charge in [-0.05, 0) is 31.1 Å². The van der Waals surface area contributed by atoms with Gasteiger partial charge in [-0.3, -0.25) is 4.79 Å². The average molecular weight is 278 g/mol. The third-order valence-electron chi connectivity index (χ3n) is 4.92. The van der Waals surface area contributed by atoms with E-state index in [-0.39, 0.29) is 6.42 Å². The van der Waals surface area contributed by atoms with Crippen LogP contribution in [0.25, 0.3) is 0 Å². The predicted octanol–water partition coefficient (Wildman–Crippen LogP) is 3.16. The number of hydrogen-bond donors (Lipinski definition) is 1. The molecule has 5 nitrogen and oxygen atoms in total. The number of fused-ring (bicyclic) bond motifs is 1. The van der Waals surface area contributed by atoms with Gasteiger partial charge in [0.15, 0.2) is 0 Å². The number of carboxylic acid groups (broad SMARTS) is 1. The molecule has 0 aliphatic heterocycles. The molecule has 0 spiro atoms. The van der Waals surface area contributed by atoms with Crippen LogP contribution in [0.5, 0.6) is 0 Å². The lowest BCUT2D eigenvalue weighted by atomic mass is 9.67. The molecule has 2 aliphatic carbocycles. The van der Waals surface area contributed by atoms with Crippen molar-refractivity contribution < 1.29 is 14.3 Å². The second-order valence-electron chi connectivity index (χ2n) is 6.24. The third kappa shape index (κ3) is 3.02. The zero-order valence-electron chi connectivity index (χ0n) is 11.8. The molecule has 3 atom stereocenters. The van der Waals surface area contributed by atoms with Gasteiger partial charge in [-0.1, -0.05) is 25.7 Å². The van der Waals surface area contributed by atoms with Gasteiger partial charge in [-0.25, -0.2) is 0 Å². The Balaban J connectivity index is 1.60. The first-order valence-electron chi connectivity index (χ1n) is 7.76. The van der Waals surface area contributed by atoms with Crippen LogP contribution in [-0.4, -0.2) is 21.3 Å². The summed E-state index contributed by atoms with van der Waals surface area (Å²) < 4.78 is 5.67. The monoisotopic (exact) mass is 278 g/mol. The van der Waals surface area contributed by atoms with Crippen molar-refractivity contribution in [2.45, 2.75) is 63.7 Å². The van der Waals surface area contributed by atoms with Gasteiger partial charge in [0, 0.05) is 12.3 Å². The van der Waals surface area contributed by atoms with E-state index in [9.17, 15) is 4.79 Å². The number of aromatic nitrogens is 2. The van der Waals surface area contributed by atoms with Crippen molar-refractivity contribution in [1.29, 1.82) is 0 Å². The van der Waals surface area contributed by atoms with Crippen LogP contribution in [0.15, 0.2) is 4.42 Å². The fourth-order valence-electron chi connectivity index (χ4n) is 3.84. The van der Waals surface area contributed by atoms with Crippen molar-refractivity contribution in [3.8, 4) is 0 Å². The molecule has 1 heterocycles. The van der Waals surface area contributed by atoms with Crippen LogP contribution in [0.3, 0.4) is 0 Å². The smallest absolute Gasteiger partial charge is 0.303 e. The molecule has 0 saturated heterocycles.